The van der Waals surface area contributed by atoms with E-state index in [0.29, 0.717) is 31.1 Å². The predicted octanol–water partition coefficient (Wildman–Crippen LogP) is 8.36. The fraction of sp³-hybridized carbons (Fsp3) is 0.724. The lowest BCUT2D eigenvalue weighted by molar-refractivity contribution is 0.189. The highest BCUT2D eigenvalue weighted by atomic mass is 32.2. The quantitative estimate of drug-likeness (QED) is 0.121. The lowest BCUT2D eigenvalue weighted by Gasteiger charge is -2.39. The van der Waals surface area contributed by atoms with Crippen molar-refractivity contribution in [1.29, 1.82) is 0 Å². The maximum Gasteiger partial charge on any atom is 0.243 e. The lowest BCUT2D eigenvalue weighted by Crippen LogP contribution is -2.48. The first-order chi connectivity index (χ1) is 16.8. The molecule has 1 rings (SSSR count). The van der Waals surface area contributed by atoms with Gasteiger partial charge in [-0.15, -0.1) is 6.58 Å². The fourth-order valence-corrected chi connectivity index (χ4v) is 7.03. The third kappa shape index (κ3) is 9.73. The zero-order valence-corrected chi connectivity index (χ0v) is 28.4. The Morgan fingerprint density at radius 1 is 0.919 bits per heavy atom. The van der Waals surface area contributed by atoms with Crippen molar-refractivity contribution >= 4 is 26.7 Å². The first-order valence-corrected chi connectivity index (χ1v) is 21.1. The highest BCUT2D eigenvalue weighted by Gasteiger charge is 2.39. The number of nitrogens with zero attached hydrogens (tertiary/aromatic N) is 1. The molecule has 0 aromatic heterocycles. The van der Waals surface area contributed by atoms with Gasteiger partial charge >= 0.3 is 0 Å². The van der Waals surface area contributed by atoms with Crippen molar-refractivity contribution in [1.82, 2.24) is 4.31 Å². The van der Waals surface area contributed by atoms with Crippen LogP contribution in [0.1, 0.15) is 79.7 Å². The van der Waals surface area contributed by atoms with E-state index in [1.807, 2.05) is 18.2 Å². The summed E-state index contributed by atoms with van der Waals surface area (Å²) in [6, 6.07) is 6.95. The Hall–Kier alpha value is -0.776. The molecule has 0 aliphatic carbocycles. The zero-order valence-electron chi connectivity index (χ0n) is 25.6. The van der Waals surface area contributed by atoms with E-state index in [1.54, 1.807) is 16.4 Å². The number of unbranched alkanes of at least 4 members (excludes halogenated alkanes) is 2. The SMILES string of the molecule is C=CC[C@@H](CO[Si](C)(C)C(C)(C)C)N(CCCCC)S(=O)(=O)c1ccc(CO[Si](C)(C)C(C)(C)C)cc1. The number of hydrogen-bond acceptors (Lipinski definition) is 4. The van der Waals surface area contributed by atoms with Gasteiger partial charge in [0.25, 0.3) is 0 Å². The molecule has 0 fully saturated rings. The number of benzene rings is 1. The van der Waals surface area contributed by atoms with Gasteiger partial charge in [0.2, 0.25) is 10.0 Å². The van der Waals surface area contributed by atoms with Crippen molar-refractivity contribution in [2.75, 3.05) is 13.2 Å². The summed E-state index contributed by atoms with van der Waals surface area (Å²) in [6.45, 7) is 29.5. The first kappa shape index (κ1) is 34.3. The van der Waals surface area contributed by atoms with Gasteiger partial charge in [-0.1, -0.05) is 79.5 Å². The standard InChI is InChI=1S/C29H55NO4SSi2/c1-13-15-16-22-30(26(17-14-2)24-34-37(11,12)29(6,7)8)35(31,32)27-20-18-25(19-21-27)23-33-36(9,10)28(3,4)5/h14,18-21,26H,2,13,15-17,22-24H2,1,3-12H3/t26-/m0/s1. The fourth-order valence-electron chi connectivity index (χ4n) is 3.37. The Morgan fingerprint density at radius 2 is 1.43 bits per heavy atom. The van der Waals surface area contributed by atoms with Crippen molar-refractivity contribution < 1.29 is 17.3 Å². The summed E-state index contributed by atoms with van der Waals surface area (Å²) < 4.78 is 42.4. The van der Waals surface area contributed by atoms with Crippen LogP contribution in [0.2, 0.25) is 36.3 Å². The molecule has 0 N–H and O–H groups in total. The van der Waals surface area contributed by atoms with Gasteiger partial charge in [0, 0.05) is 6.54 Å². The van der Waals surface area contributed by atoms with Crippen molar-refractivity contribution in [3.8, 4) is 0 Å². The molecular formula is C29H55NO4SSi2. The van der Waals surface area contributed by atoms with Crippen molar-refractivity contribution in [2.45, 2.75) is 128 Å². The molecule has 214 valence electrons. The van der Waals surface area contributed by atoms with Crippen LogP contribution >= 0.6 is 0 Å². The maximum atomic E-state index is 13.9. The van der Waals surface area contributed by atoms with Crippen LogP contribution in [0.15, 0.2) is 41.8 Å². The summed E-state index contributed by atoms with van der Waals surface area (Å²) in [5, 5.41) is 0.182. The molecule has 1 atom stereocenters. The number of rotatable bonds is 15. The number of hydrogen-bond donors (Lipinski definition) is 0. The topological polar surface area (TPSA) is 55.8 Å². The molecule has 0 spiro atoms. The van der Waals surface area contributed by atoms with Crippen LogP contribution in [0.25, 0.3) is 0 Å². The van der Waals surface area contributed by atoms with Gasteiger partial charge < -0.3 is 8.85 Å². The molecule has 37 heavy (non-hydrogen) atoms. The first-order valence-electron chi connectivity index (χ1n) is 13.8. The molecule has 0 bridgehead atoms. The third-order valence-corrected chi connectivity index (χ3v) is 19.2. The number of sulfonamides is 1. The van der Waals surface area contributed by atoms with Crippen molar-refractivity contribution in [3.63, 3.8) is 0 Å². The Balaban J connectivity index is 3.22. The van der Waals surface area contributed by atoms with Gasteiger partial charge in [0.05, 0.1) is 24.2 Å². The van der Waals surface area contributed by atoms with Crippen LogP contribution in [-0.4, -0.2) is 48.6 Å². The maximum absolute atomic E-state index is 13.9. The van der Waals surface area contributed by atoms with Gasteiger partial charge in [-0.05, 0) is 66.8 Å². The molecule has 0 radical (unpaired) electrons. The molecule has 0 saturated carbocycles. The lowest BCUT2D eigenvalue weighted by atomic mass is 10.2. The minimum Gasteiger partial charge on any atom is -0.415 e. The minimum atomic E-state index is -3.70. The molecule has 1 aromatic rings. The van der Waals surface area contributed by atoms with Gasteiger partial charge in [0.15, 0.2) is 16.6 Å². The van der Waals surface area contributed by atoms with Crippen LogP contribution in [0, 0.1) is 0 Å². The molecule has 0 amide bonds. The molecule has 1 aromatic carbocycles. The van der Waals surface area contributed by atoms with E-state index in [4.69, 9.17) is 8.85 Å². The molecule has 0 heterocycles. The largest absolute Gasteiger partial charge is 0.415 e. The molecule has 0 saturated heterocycles. The summed E-state index contributed by atoms with van der Waals surface area (Å²) in [4.78, 5) is 0.321. The van der Waals surface area contributed by atoms with Crippen LogP contribution < -0.4 is 0 Å². The molecule has 0 aliphatic rings. The van der Waals surface area contributed by atoms with Crippen molar-refractivity contribution in [3.05, 3.63) is 42.5 Å². The van der Waals surface area contributed by atoms with Gasteiger partial charge in [-0.3, -0.25) is 0 Å². The molecule has 0 unspecified atom stereocenters. The summed E-state index contributed by atoms with van der Waals surface area (Å²) in [6.07, 6.45) is 5.20. The van der Waals surface area contributed by atoms with E-state index >= 15 is 0 Å². The van der Waals surface area contributed by atoms with Crippen LogP contribution in [-0.2, 0) is 25.5 Å². The average Bonchev–Trinajstić information content (AvgIpc) is 2.77. The molecule has 5 nitrogen and oxygen atoms in total. The minimum absolute atomic E-state index is 0.0555. The molecule has 0 aliphatic heterocycles. The van der Waals surface area contributed by atoms with Gasteiger partial charge in [-0.2, -0.15) is 4.31 Å². The van der Waals surface area contributed by atoms with E-state index in [1.165, 1.54) is 0 Å². The van der Waals surface area contributed by atoms with Crippen LogP contribution in [0.3, 0.4) is 0 Å². The normalized spacial score (nSPS) is 14.7. The Morgan fingerprint density at radius 3 is 1.89 bits per heavy atom. The smallest absolute Gasteiger partial charge is 0.243 e. The zero-order chi connectivity index (χ0) is 28.7. The second-order valence-corrected chi connectivity index (χ2v) is 24.8. The Labute approximate surface area is 231 Å². The Bertz CT molecular complexity index is 946. The third-order valence-electron chi connectivity index (χ3n) is 8.21. The van der Waals surface area contributed by atoms with E-state index in [-0.39, 0.29) is 16.1 Å². The van der Waals surface area contributed by atoms with E-state index < -0.39 is 26.7 Å². The molecular weight excluding hydrogens is 515 g/mol. The van der Waals surface area contributed by atoms with Gasteiger partial charge in [0.1, 0.15) is 0 Å². The highest BCUT2D eigenvalue weighted by molar-refractivity contribution is 7.89. The molecule has 8 heteroatoms. The summed E-state index contributed by atoms with van der Waals surface area (Å²) in [7, 11) is -7.62. The average molecular weight is 570 g/mol. The van der Waals surface area contributed by atoms with Crippen LogP contribution in [0.4, 0.5) is 0 Å². The summed E-state index contributed by atoms with van der Waals surface area (Å²) in [5.74, 6) is 0. The van der Waals surface area contributed by atoms with Crippen LogP contribution in [0.5, 0.6) is 0 Å². The summed E-state index contributed by atoms with van der Waals surface area (Å²) in [5.41, 5.74) is 0.991. The monoisotopic (exact) mass is 569 g/mol. The second kappa shape index (κ2) is 13.5. The summed E-state index contributed by atoms with van der Waals surface area (Å²) >= 11 is 0. The highest BCUT2D eigenvalue weighted by Crippen LogP contribution is 2.38. The Kier molecular flexibility index (Phi) is 12.5. The van der Waals surface area contributed by atoms with E-state index in [9.17, 15) is 8.42 Å². The predicted molar refractivity (Wildman–Crippen MR) is 164 cm³/mol. The van der Waals surface area contributed by atoms with Gasteiger partial charge in [-0.25, -0.2) is 8.42 Å². The van der Waals surface area contributed by atoms with E-state index in [0.717, 1.165) is 24.8 Å². The second-order valence-electron chi connectivity index (χ2n) is 13.3. The van der Waals surface area contributed by atoms with E-state index in [2.05, 4.69) is 81.2 Å². The van der Waals surface area contributed by atoms with Crippen molar-refractivity contribution in [2.24, 2.45) is 0 Å².